The van der Waals surface area contributed by atoms with E-state index >= 15 is 0 Å². The summed E-state index contributed by atoms with van der Waals surface area (Å²) in [5.74, 6) is -1.83. The van der Waals surface area contributed by atoms with Gasteiger partial charge in [-0.1, -0.05) is 17.7 Å². The second kappa shape index (κ2) is 7.46. The Morgan fingerprint density at radius 2 is 2.00 bits per heavy atom. The molecule has 1 unspecified atom stereocenters. The summed E-state index contributed by atoms with van der Waals surface area (Å²) in [4.78, 5) is 13.2. The van der Waals surface area contributed by atoms with Gasteiger partial charge in [0, 0.05) is 32.7 Å². The van der Waals surface area contributed by atoms with Gasteiger partial charge in [-0.15, -0.1) is 0 Å². The zero-order valence-electron chi connectivity index (χ0n) is 12.1. The number of rotatable bonds is 4. The van der Waals surface area contributed by atoms with Gasteiger partial charge < -0.3 is 10.6 Å². The number of nitrogens with one attached hydrogen (secondary N) is 2. The fraction of sp³-hybridized carbons (Fsp3) is 0.500. The third-order valence-electron chi connectivity index (χ3n) is 3.62. The molecule has 1 fully saturated rings. The van der Waals surface area contributed by atoms with Crippen molar-refractivity contribution in [1.82, 2.24) is 15.5 Å². The highest BCUT2D eigenvalue weighted by Gasteiger charge is 2.43. The summed E-state index contributed by atoms with van der Waals surface area (Å²) in [7, 11) is 0. The Balaban J connectivity index is 2.07. The first-order chi connectivity index (χ1) is 10.8. The summed E-state index contributed by atoms with van der Waals surface area (Å²) in [6.45, 7) is 0.674. The van der Waals surface area contributed by atoms with E-state index in [1.807, 2.05) is 0 Å². The molecule has 0 spiro atoms. The average molecular weight is 354 g/mol. The summed E-state index contributed by atoms with van der Waals surface area (Å²) >= 11 is 5.74. The highest BCUT2D eigenvalue weighted by Crippen LogP contribution is 2.25. The summed E-state index contributed by atoms with van der Waals surface area (Å²) in [6, 6.07) is 1.82. The molecule has 4 nitrogen and oxygen atoms in total. The summed E-state index contributed by atoms with van der Waals surface area (Å²) < 4.78 is 53.2. The van der Waals surface area contributed by atoms with E-state index in [0.717, 1.165) is 6.07 Å². The number of nitrogens with zero attached hydrogens (tertiary/aromatic N) is 1. The van der Waals surface area contributed by atoms with Crippen LogP contribution in [0.15, 0.2) is 18.2 Å². The molecule has 9 heteroatoms. The molecule has 1 saturated heterocycles. The van der Waals surface area contributed by atoms with Crippen LogP contribution < -0.4 is 10.6 Å². The van der Waals surface area contributed by atoms with Gasteiger partial charge in [0.05, 0.1) is 10.6 Å². The van der Waals surface area contributed by atoms with Crippen molar-refractivity contribution in [2.75, 3.05) is 32.7 Å². The zero-order valence-corrected chi connectivity index (χ0v) is 12.8. The van der Waals surface area contributed by atoms with Gasteiger partial charge >= 0.3 is 6.18 Å². The second-order valence-corrected chi connectivity index (χ2v) is 5.56. The molecule has 0 bridgehead atoms. The summed E-state index contributed by atoms with van der Waals surface area (Å²) in [5.41, 5.74) is -0.449. The maximum atomic E-state index is 13.6. The number of halogens is 5. The molecule has 0 radical (unpaired) electrons. The summed E-state index contributed by atoms with van der Waals surface area (Å²) in [6.07, 6.45) is -4.50. The lowest BCUT2D eigenvalue weighted by molar-refractivity contribution is -0.183. The van der Waals surface area contributed by atoms with Crippen molar-refractivity contribution in [1.29, 1.82) is 0 Å². The van der Waals surface area contributed by atoms with Gasteiger partial charge in [0.25, 0.3) is 5.91 Å². The van der Waals surface area contributed by atoms with Crippen molar-refractivity contribution in [3.63, 3.8) is 0 Å². The lowest BCUT2D eigenvalue weighted by Gasteiger charge is -2.35. The highest BCUT2D eigenvalue weighted by molar-refractivity contribution is 6.33. The number of hydrogen-bond donors (Lipinski definition) is 2. The van der Waals surface area contributed by atoms with Crippen LogP contribution in [0.4, 0.5) is 17.6 Å². The standard InChI is InChI=1S/C14H16ClF4N3O/c15-9-2-1-3-10(16)12(9)13(23)21-8-11(14(17,18)19)22-6-4-20-5-7-22/h1-3,11,20H,4-8H2,(H,21,23). The topological polar surface area (TPSA) is 44.4 Å². The molecule has 0 aliphatic carbocycles. The molecule has 128 valence electrons. The van der Waals surface area contributed by atoms with Crippen LogP contribution in [0.3, 0.4) is 0 Å². The Morgan fingerprint density at radius 3 is 2.57 bits per heavy atom. The first-order valence-electron chi connectivity index (χ1n) is 7.04. The maximum absolute atomic E-state index is 13.6. The SMILES string of the molecule is O=C(NCC(N1CCNCC1)C(F)(F)F)c1c(F)cccc1Cl. The van der Waals surface area contributed by atoms with Crippen molar-refractivity contribution in [3.05, 3.63) is 34.6 Å². The first kappa shape index (κ1) is 18.0. The van der Waals surface area contributed by atoms with Gasteiger partial charge in [0.2, 0.25) is 0 Å². The van der Waals surface area contributed by atoms with Crippen molar-refractivity contribution >= 4 is 17.5 Å². The van der Waals surface area contributed by atoms with Gasteiger partial charge in [-0.25, -0.2) is 4.39 Å². The Labute approximate surface area is 135 Å². The van der Waals surface area contributed by atoms with Gasteiger partial charge in [0.1, 0.15) is 11.9 Å². The van der Waals surface area contributed by atoms with E-state index in [1.165, 1.54) is 17.0 Å². The largest absolute Gasteiger partial charge is 0.405 e. The van der Waals surface area contributed by atoms with Crippen LogP contribution in [-0.2, 0) is 0 Å². The molecule has 1 aromatic carbocycles. The quantitative estimate of drug-likeness (QED) is 0.814. The lowest BCUT2D eigenvalue weighted by atomic mass is 10.1. The summed E-state index contributed by atoms with van der Waals surface area (Å²) in [5, 5.41) is 4.96. The van der Waals surface area contributed by atoms with Crippen molar-refractivity contribution in [3.8, 4) is 0 Å². The first-order valence-corrected chi connectivity index (χ1v) is 7.42. The predicted molar refractivity (Wildman–Crippen MR) is 78.0 cm³/mol. The van der Waals surface area contributed by atoms with Crippen molar-refractivity contribution < 1.29 is 22.4 Å². The lowest BCUT2D eigenvalue weighted by Crippen LogP contribution is -2.57. The Bertz CT molecular complexity index is 541. The third-order valence-corrected chi connectivity index (χ3v) is 3.93. The Kier molecular flexibility index (Phi) is 5.83. The normalized spacial score (nSPS) is 17.8. The second-order valence-electron chi connectivity index (χ2n) is 5.15. The van der Waals surface area contributed by atoms with E-state index < -0.39 is 36.1 Å². The van der Waals surface area contributed by atoms with Crippen LogP contribution in [-0.4, -0.2) is 55.7 Å². The molecule has 1 aliphatic rings. The van der Waals surface area contributed by atoms with E-state index in [4.69, 9.17) is 11.6 Å². The molecule has 23 heavy (non-hydrogen) atoms. The van der Waals surface area contributed by atoms with Crippen molar-refractivity contribution in [2.24, 2.45) is 0 Å². The van der Waals surface area contributed by atoms with E-state index in [9.17, 15) is 22.4 Å². The molecule has 1 atom stereocenters. The minimum Gasteiger partial charge on any atom is -0.350 e. The monoisotopic (exact) mass is 353 g/mol. The Hall–Kier alpha value is -1.38. The van der Waals surface area contributed by atoms with Crippen molar-refractivity contribution in [2.45, 2.75) is 12.2 Å². The fourth-order valence-electron chi connectivity index (χ4n) is 2.44. The van der Waals surface area contributed by atoms with Crippen LogP contribution in [0.2, 0.25) is 5.02 Å². The van der Waals surface area contributed by atoms with Crippen LogP contribution in [0.1, 0.15) is 10.4 Å². The average Bonchev–Trinajstić information content (AvgIpc) is 2.47. The molecular weight excluding hydrogens is 338 g/mol. The number of carbonyl (C=O) groups excluding carboxylic acids is 1. The molecule has 1 heterocycles. The Morgan fingerprint density at radius 1 is 1.35 bits per heavy atom. The van der Waals surface area contributed by atoms with E-state index in [1.54, 1.807) is 0 Å². The number of benzene rings is 1. The maximum Gasteiger partial charge on any atom is 0.405 e. The minimum atomic E-state index is -4.50. The number of alkyl halides is 3. The van der Waals surface area contributed by atoms with Gasteiger partial charge in [0.15, 0.2) is 0 Å². The molecule has 0 saturated carbocycles. The minimum absolute atomic E-state index is 0.145. The third kappa shape index (κ3) is 4.55. The van der Waals surface area contributed by atoms with Crippen LogP contribution in [0, 0.1) is 5.82 Å². The van der Waals surface area contributed by atoms with Crippen LogP contribution in [0.25, 0.3) is 0 Å². The van der Waals surface area contributed by atoms with Crippen LogP contribution in [0.5, 0.6) is 0 Å². The number of carbonyl (C=O) groups is 1. The molecule has 2 N–H and O–H groups in total. The zero-order chi connectivity index (χ0) is 17.0. The van der Waals surface area contributed by atoms with E-state index in [0.29, 0.717) is 13.1 Å². The van der Waals surface area contributed by atoms with E-state index in [2.05, 4.69) is 10.6 Å². The fourth-order valence-corrected chi connectivity index (χ4v) is 2.69. The van der Waals surface area contributed by atoms with Gasteiger partial charge in [-0.3, -0.25) is 9.69 Å². The molecule has 1 amide bonds. The smallest absolute Gasteiger partial charge is 0.350 e. The van der Waals surface area contributed by atoms with Gasteiger partial charge in [-0.2, -0.15) is 13.2 Å². The molecule has 0 aromatic heterocycles. The molecule has 2 rings (SSSR count). The molecule has 1 aliphatic heterocycles. The number of hydrogen-bond acceptors (Lipinski definition) is 3. The predicted octanol–water partition coefficient (Wildman–Crippen LogP) is 2.04. The number of piperazine rings is 1. The van der Waals surface area contributed by atoms with E-state index in [-0.39, 0.29) is 18.1 Å². The van der Waals surface area contributed by atoms with Crippen LogP contribution >= 0.6 is 11.6 Å². The number of amides is 1. The molecule has 1 aromatic rings. The highest BCUT2D eigenvalue weighted by atomic mass is 35.5. The molecular formula is C14H16ClF4N3O. The van der Waals surface area contributed by atoms with Gasteiger partial charge in [-0.05, 0) is 12.1 Å².